The predicted octanol–water partition coefficient (Wildman–Crippen LogP) is 3.65. The summed E-state index contributed by atoms with van der Waals surface area (Å²) in [4.78, 5) is 22.5. The van der Waals surface area contributed by atoms with Crippen LogP contribution in [0.3, 0.4) is 0 Å². The normalized spacial score (nSPS) is 19.6. The number of oxime groups is 1. The van der Waals surface area contributed by atoms with Crippen molar-refractivity contribution in [1.29, 1.82) is 0 Å². The Balaban J connectivity index is 1.86. The summed E-state index contributed by atoms with van der Waals surface area (Å²) < 4.78 is 0. The number of carbonyl (C=O) groups is 1. The lowest BCUT2D eigenvalue weighted by Gasteiger charge is -2.21. The highest BCUT2D eigenvalue weighted by molar-refractivity contribution is 8.35. The molecule has 1 amide bonds. The molecule has 2 aromatic rings. The van der Waals surface area contributed by atoms with E-state index in [0.29, 0.717) is 6.42 Å². The fraction of sp³-hybridized carbons (Fsp3) is 0.409. The fourth-order valence-corrected chi connectivity index (χ4v) is 3.25. The van der Waals surface area contributed by atoms with Gasteiger partial charge in [-0.05, 0) is 63.0 Å². The van der Waals surface area contributed by atoms with Crippen LogP contribution in [0.2, 0.25) is 0 Å². The van der Waals surface area contributed by atoms with Gasteiger partial charge in [0.25, 0.3) is 5.91 Å². The van der Waals surface area contributed by atoms with Gasteiger partial charge in [0.05, 0.1) is 11.2 Å². The van der Waals surface area contributed by atoms with Crippen LogP contribution in [0, 0.1) is 11.2 Å². The summed E-state index contributed by atoms with van der Waals surface area (Å²) in [6, 6.07) is 8.06. The second-order valence-electron chi connectivity index (χ2n) is 8.36. The fourth-order valence-electron chi connectivity index (χ4n) is 2.82. The zero-order valence-electron chi connectivity index (χ0n) is 17.3. The predicted molar refractivity (Wildman–Crippen MR) is 118 cm³/mol. The molecule has 0 fully saturated rings. The zero-order chi connectivity index (χ0) is 20.5. The Labute approximate surface area is 168 Å². The Hall–Kier alpha value is -2.52. The van der Waals surface area contributed by atoms with Crippen LogP contribution in [-0.4, -0.2) is 47.0 Å². The molecular weight excluding hydrogens is 370 g/mol. The van der Waals surface area contributed by atoms with Crippen molar-refractivity contribution in [1.82, 2.24) is 10.3 Å². The third kappa shape index (κ3) is 4.66. The molecule has 0 saturated carbocycles. The van der Waals surface area contributed by atoms with Gasteiger partial charge in [0, 0.05) is 35.2 Å². The second-order valence-corrected chi connectivity index (χ2v) is 12.2. The number of amides is 1. The van der Waals surface area contributed by atoms with Crippen molar-refractivity contribution in [2.45, 2.75) is 38.8 Å². The Kier molecular flexibility index (Phi) is 5.40. The first-order valence-electron chi connectivity index (χ1n) is 9.23. The molecule has 0 saturated heterocycles. The van der Waals surface area contributed by atoms with Crippen molar-refractivity contribution in [2.75, 3.05) is 18.8 Å². The highest BCUT2D eigenvalue weighted by Crippen LogP contribution is 2.32. The molecule has 1 aromatic heterocycles. The highest BCUT2D eigenvalue weighted by atomic mass is 32.3. The minimum atomic E-state index is -0.977. The monoisotopic (exact) mass is 397 g/mol. The van der Waals surface area contributed by atoms with Crippen LogP contribution in [0.25, 0.3) is 10.9 Å². The molecule has 2 heterocycles. The molecule has 0 aliphatic carbocycles. The number of nitrogens with one attached hydrogen (secondary N) is 1. The number of aromatic nitrogens is 1. The first kappa shape index (κ1) is 20.2. The van der Waals surface area contributed by atoms with Crippen molar-refractivity contribution in [3.63, 3.8) is 0 Å². The van der Waals surface area contributed by atoms with Gasteiger partial charge in [0.15, 0.2) is 0 Å². The minimum Gasteiger partial charge on any atom is -0.379 e. The quantitative estimate of drug-likeness (QED) is 0.804. The van der Waals surface area contributed by atoms with E-state index in [2.05, 4.69) is 45.4 Å². The van der Waals surface area contributed by atoms with Gasteiger partial charge in [-0.25, -0.2) is 0 Å². The van der Waals surface area contributed by atoms with Gasteiger partial charge in [0.2, 0.25) is 5.60 Å². The Morgan fingerprint density at radius 1 is 1.29 bits per heavy atom. The maximum absolute atomic E-state index is 12.4. The summed E-state index contributed by atoms with van der Waals surface area (Å²) in [5.41, 5.74) is 2.52. The van der Waals surface area contributed by atoms with Gasteiger partial charge in [-0.3, -0.25) is 9.78 Å². The average Bonchev–Trinajstić information content (AvgIpc) is 3.02. The molecule has 148 valence electrons. The van der Waals surface area contributed by atoms with Crippen molar-refractivity contribution in [3.05, 3.63) is 41.6 Å². The second kappa shape index (κ2) is 7.48. The average molecular weight is 398 g/mol. The van der Waals surface area contributed by atoms with Crippen LogP contribution in [0.1, 0.15) is 38.3 Å². The van der Waals surface area contributed by atoms with Crippen molar-refractivity contribution in [2.24, 2.45) is 5.16 Å². The van der Waals surface area contributed by atoms with Gasteiger partial charge in [-0.15, -0.1) is 0 Å². The maximum atomic E-state index is 12.4. The summed E-state index contributed by atoms with van der Waals surface area (Å²) in [7, 11) is -0.889. The van der Waals surface area contributed by atoms with Crippen LogP contribution < -0.4 is 5.32 Å². The van der Waals surface area contributed by atoms with E-state index in [1.165, 1.54) is 0 Å². The summed E-state index contributed by atoms with van der Waals surface area (Å²) in [6.45, 7) is 5.62. The number of benzene rings is 1. The van der Waals surface area contributed by atoms with E-state index >= 15 is 0 Å². The molecule has 1 aromatic carbocycles. The summed E-state index contributed by atoms with van der Waals surface area (Å²) in [5.74, 6) is 3.08. The molecule has 1 N–H and O–H groups in total. The zero-order valence-corrected chi connectivity index (χ0v) is 18.1. The molecule has 3 rings (SSSR count). The van der Waals surface area contributed by atoms with Crippen LogP contribution in [-0.2, 0) is 9.63 Å². The molecule has 1 unspecified atom stereocenters. The number of carbonyl (C=O) groups excluding carboxylic acids is 1. The van der Waals surface area contributed by atoms with Gasteiger partial charge in [-0.1, -0.05) is 17.1 Å². The SMILES string of the molecule is CC(C)NC(=O)C1(C)CC(c2ccc3ncc(C#CS(C)(C)C)cc3c2)=NO1. The largest absolute Gasteiger partial charge is 0.379 e. The van der Waals surface area contributed by atoms with Crippen LogP contribution >= 0.6 is 10.0 Å². The number of hydrogen-bond donors (Lipinski definition) is 1. The lowest BCUT2D eigenvalue weighted by molar-refractivity contribution is -0.142. The molecule has 1 atom stereocenters. The van der Waals surface area contributed by atoms with E-state index in [1.54, 1.807) is 6.92 Å². The van der Waals surface area contributed by atoms with Crippen LogP contribution in [0.4, 0.5) is 0 Å². The lowest BCUT2D eigenvalue weighted by atomic mass is 9.94. The van der Waals surface area contributed by atoms with Gasteiger partial charge in [0.1, 0.15) is 0 Å². The molecule has 1 aliphatic heterocycles. The topological polar surface area (TPSA) is 63.6 Å². The van der Waals surface area contributed by atoms with Crippen molar-refractivity contribution in [3.8, 4) is 11.2 Å². The van der Waals surface area contributed by atoms with Gasteiger partial charge < -0.3 is 10.2 Å². The summed E-state index contributed by atoms with van der Waals surface area (Å²) in [6.07, 6.45) is 8.73. The number of nitrogens with zero attached hydrogens (tertiary/aromatic N) is 2. The number of rotatable bonds is 3. The highest BCUT2D eigenvalue weighted by Gasteiger charge is 2.42. The van der Waals surface area contributed by atoms with Crippen molar-refractivity contribution < 1.29 is 9.63 Å². The Morgan fingerprint density at radius 3 is 2.71 bits per heavy atom. The lowest BCUT2D eigenvalue weighted by Crippen LogP contribution is -2.47. The Morgan fingerprint density at radius 2 is 2.04 bits per heavy atom. The van der Waals surface area contributed by atoms with Gasteiger partial charge in [-0.2, -0.15) is 10.0 Å². The van der Waals surface area contributed by atoms with Crippen LogP contribution in [0.5, 0.6) is 0 Å². The molecule has 6 heteroatoms. The van der Waals surface area contributed by atoms with E-state index in [-0.39, 0.29) is 11.9 Å². The third-order valence-corrected chi connectivity index (χ3v) is 4.99. The molecule has 5 nitrogen and oxygen atoms in total. The third-order valence-electron chi connectivity index (χ3n) is 4.28. The maximum Gasteiger partial charge on any atom is 0.267 e. The molecule has 1 aliphatic rings. The van der Waals surface area contributed by atoms with Gasteiger partial charge >= 0.3 is 0 Å². The number of hydrogen-bond acceptors (Lipinski definition) is 4. The number of fused-ring (bicyclic) bond motifs is 1. The molecule has 28 heavy (non-hydrogen) atoms. The molecule has 0 radical (unpaired) electrons. The first-order chi connectivity index (χ1) is 13.1. The van der Waals surface area contributed by atoms with Crippen LogP contribution in [0.15, 0.2) is 35.6 Å². The molecular formula is C22H27N3O2S. The smallest absolute Gasteiger partial charge is 0.267 e. The van der Waals surface area contributed by atoms with E-state index in [0.717, 1.165) is 27.7 Å². The van der Waals surface area contributed by atoms with E-state index < -0.39 is 15.6 Å². The standard InChI is InChI=1S/C22H27N3O2S/c1-15(2)24-21(26)22(3)13-20(25-27-22)17-7-8-19-18(12-17)11-16(14-23-19)9-10-28(4,5)6/h7-8,11-12,14-15H,13H2,1-6H3,(H,24,26). The molecule has 0 bridgehead atoms. The first-order valence-corrected chi connectivity index (χ1v) is 12.1. The van der Waals surface area contributed by atoms with E-state index in [4.69, 9.17) is 4.84 Å². The number of pyridine rings is 1. The van der Waals surface area contributed by atoms with Crippen molar-refractivity contribution >= 4 is 32.5 Å². The molecule has 0 spiro atoms. The van der Waals surface area contributed by atoms with E-state index in [1.807, 2.05) is 44.3 Å². The Bertz CT molecular complexity index is 1010. The van der Waals surface area contributed by atoms with E-state index in [9.17, 15) is 4.79 Å². The summed E-state index contributed by atoms with van der Waals surface area (Å²) >= 11 is 0. The minimum absolute atomic E-state index is 0.0539. The summed E-state index contributed by atoms with van der Waals surface area (Å²) in [5, 5.41) is 11.4.